The van der Waals surface area contributed by atoms with Gasteiger partial charge in [-0.2, -0.15) is 4.99 Å². The van der Waals surface area contributed by atoms with Crippen LogP contribution in [0.1, 0.15) is 15.9 Å². The Morgan fingerprint density at radius 1 is 1.29 bits per heavy atom. The average molecular weight is 293 g/mol. The predicted molar refractivity (Wildman–Crippen MR) is 75.8 cm³/mol. The van der Waals surface area contributed by atoms with Gasteiger partial charge in [0, 0.05) is 5.56 Å². The van der Waals surface area contributed by atoms with Gasteiger partial charge >= 0.3 is 5.97 Å². The predicted octanol–water partition coefficient (Wildman–Crippen LogP) is -0.406. The fraction of sp³-hybridized carbons (Fsp3) is 0.250. The molecule has 9 nitrogen and oxygen atoms in total. The fourth-order valence-corrected chi connectivity index (χ4v) is 1.96. The summed E-state index contributed by atoms with van der Waals surface area (Å²) in [6.07, 6.45) is 0. The first kappa shape index (κ1) is 14.4. The molecular weight excluding hydrogens is 278 g/mol. The van der Waals surface area contributed by atoms with Crippen molar-refractivity contribution in [2.24, 2.45) is 27.2 Å². The van der Waals surface area contributed by atoms with Crippen molar-refractivity contribution in [3.05, 3.63) is 17.2 Å². The van der Waals surface area contributed by atoms with E-state index in [1.54, 1.807) is 6.07 Å². The fourth-order valence-electron chi connectivity index (χ4n) is 1.96. The Morgan fingerprint density at radius 2 is 2.00 bits per heavy atom. The highest BCUT2D eigenvalue weighted by Crippen LogP contribution is 2.44. The lowest BCUT2D eigenvalue weighted by Gasteiger charge is -2.12. The third-order valence-electron chi connectivity index (χ3n) is 2.76. The second-order valence-corrected chi connectivity index (χ2v) is 4.08. The van der Waals surface area contributed by atoms with E-state index in [1.165, 1.54) is 14.2 Å². The smallest absolute Gasteiger partial charge is 0.341 e. The summed E-state index contributed by atoms with van der Waals surface area (Å²) in [6, 6.07) is 1.65. The summed E-state index contributed by atoms with van der Waals surface area (Å²) in [5.41, 5.74) is 17.1. The zero-order chi connectivity index (χ0) is 15.6. The summed E-state index contributed by atoms with van der Waals surface area (Å²) in [7, 11) is 2.88. The number of guanidine groups is 2. The number of rotatable bonds is 3. The van der Waals surface area contributed by atoms with Crippen LogP contribution in [0.3, 0.4) is 0 Å². The van der Waals surface area contributed by atoms with Gasteiger partial charge in [-0.25, -0.2) is 9.79 Å². The summed E-state index contributed by atoms with van der Waals surface area (Å²) >= 11 is 0. The quantitative estimate of drug-likeness (QED) is 0.390. The summed E-state index contributed by atoms with van der Waals surface area (Å²) in [4.78, 5) is 19.5. The van der Waals surface area contributed by atoms with Crippen LogP contribution in [0.2, 0.25) is 0 Å². The minimum absolute atomic E-state index is 0.124. The largest absolute Gasteiger partial charge is 0.493 e. The van der Waals surface area contributed by atoms with E-state index < -0.39 is 5.97 Å². The van der Waals surface area contributed by atoms with E-state index >= 15 is 0 Å². The van der Waals surface area contributed by atoms with Crippen LogP contribution in [0, 0.1) is 0 Å². The number of hydrogen-bond donors (Lipinski definition) is 3. The van der Waals surface area contributed by atoms with E-state index in [9.17, 15) is 4.79 Å². The maximum absolute atomic E-state index is 11.8. The molecule has 0 saturated carbocycles. The number of carbonyl (C=O) groups is 1. The highest BCUT2D eigenvalue weighted by atomic mass is 16.5. The number of benzene rings is 1. The third-order valence-corrected chi connectivity index (χ3v) is 2.76. The van der Waals surface area contributed by atoms with E-state index in [0.29, 0.717) is 11.3 Å². The molecule has 0 bridgehead atoms. The first-order chi connectivity index (χ1) is 9.97. The standard InChI is InChI=1S/C12H15N5O4/c1-19-6-3-5-4-21-10(18)7(5)8(9(6)20-2)16-12(15)17-11(13)14/h3H,4H2,1-2H3,(H6,13,14,15,16,17). The Kier molecular flexibility index (Phi) is 3.83. The van der Waals surface area contributed by atoms with Gasteiger partial charge in [0.1, 0.15) is 12.3 Å². The summed E-state index contributed by atoms with van der Waals surface area (Å²) in [6.45, 7) is 0.124. The lowest BCUT2D eigenvalue weighted by atomic mass is 10.1. The van der Waals surface area contributed by atoms with Gasteiger partial charge in [-0.1, -0.05) is 0 Å². The van der Waals surface area contributed by atoms with Crippen molar-refractivity contribution in [2.75, 3.05) is 14.2 Å². The van der Waals surface area contributed by atoms with E-state index in [2.05, 4.69) is 9.98 Å². The Bertz CT molecular complexity index is 650. The van der Waals surface area contributed by atoms with Crippen LogP contribution in [0.4, 0.5) is 5.69 Å². The van der Waals surface area contributed by atoms with Crippen LogP contribution in [-0.2, 0) is 11.3 Å². The first-order valence-corrected chi connectivity index (χ1v) is 5.86. The molecule has 1 aromatic rings. The molecule has 6 N–H and O–H groups in total. The van der Waals surface area contributed by atoms with Crippen molar-refractivity contribution in [2.45, 2.75) is 6.61 Å². The lowest BCUT2D eigenvalue weighted by molar-refractivity contribution is 0.0535. The molecule has 9 heteroatoms. The normalized spacial score (nSPS) is 13.4. The molecule has 0 aromatic heterocycles. The van der Waals surface area contributed by atoms with Gasteiger partial charge in [-0.05, 0) is 6.07 Å². The Morgan fingerprint density at radius 3 is 2.57 bits per heavy atom. The molecule has 1 aliphatic rings. The minimum Gasteiger partial charge on any atom is -0.493 e. The molecule has 0 aliphatic carbocycles. The molecule has 0 fully saturated rings. The number of methoxy groups -OCH3 is 2. The monoisotopic (exact) mass is 293 g/mol. The van der Waals surface area contributed by atoms with Crippen molar-refractivity contribution in [3.8, 4) is 11.5 Å². The van der Waals surface area contributed by atoms with Gasteiger partial charge in [-0.3, -0.25) is 0 Å². The maximum Gasteiger partial charge on any atom is 0.341 e. The molecule has 112 valence electrons. The first-order valence-electron chi connectivity index (χ1n) is 5.86. The maximum atomic E-state index is 11.8. The van der Waals surface area contributed by atoms with E-state index in [-0.39, 0.29) is 35.5 Å². The Hall–Kier alpha value is -2.97. The molecule has 0 spiro atoms. The number of hydrogen-bond acceptors (Lipinski definition) is 5. The molecule has 1 heterocycles. The molecule has 21 heavy (non-hydrogen) atoms. The molecule has 0 radical (unpaired) electrons. The van der Waals surface area contributed by atoms with Crippen molar-refractivity contribution in [1.82, 2.24) is 0 Å². The summed E-state index contributed by atoms with van der Waals surface area (Å²) < 4.78 is 15.4. The SMILES string of the molecule is COc1cc2c(c(N=C(N)N=C(N)N)c1OC)C(=O)OC2. The summed E-state index contributed by atoms with van der Waals surface area (Å²) in [5.74, 6) is -0.363. The zero-order valence-electron chi connectivity index (χ0n) is 11.5. The number of ether oxygens (including phenoxy) is 3. The number of nitrogens with zero attached hydrogens (tertiary/aromatic N) is 2. The van der Waals surface area contributed by atoms with Crippen molar-refractivity contribution < 1.29 is 19.0 Å². The van der Waals surface area contributed by atoms with Gasteiger partial charge < -0.3 is 31.4 Å². The molecule has 0 saturated heterocycles. The van der Waals surface area contributed by atoms with E-state index in [1.807, 2.05) is 0 Å². The number of aliphatic imine (C=N–C) groups is 2. The number of nitrogens with two attached hydrogens (primary N) is 3. The van der Waals surface area contributed by atoms with E-state index in [4.69, 9.17) is 31.4 Å². The zero-order valence-corrected chi connectivity index (χ0v) is 11.5. The van der Waals surface area contributed by atoms with Gasteiger partial charge in [-0.15, -0.1) is 0 Å². The van der Waals surface area contributed by atoms with Gasteiger partial charge in [0.25, 0.3) is 0 Å². The highest BCUT2D eigenvalue weighted by Gasteiger charge is 2.30. The number of carbonyl (C=O) groups excluding carboxylic acids is 1. The second-order valence-electron chi connectivity index (χ2n) is 4.08. The topological polar surface area (TPSA) is 148 Å². The van der Waals surface area contributed by atoms with Crippen molar-refractivity contribution >= 4 is 23.6 Å². The average Bonchev–Trinajstić information content (AvgIpc) is 2.78. The van der Waals surface area contributed by atoms with E-state index in [0.717, 1.165) is 0 Å². The van der Waals surface area contributed by atoms with Gasteiger partial charge in [0.2, 0.25) is 5.96 Å². The molecule has 1 aromatic carbocycles. The van der Waals surface area contributed by atoms with Crippen LogP contribution < -0.4 is 26.7 Å². The third kappa shape index (κ3) is 2.66. The van der Waals surface area contributed by atoms with Crippen LogP contribution in [0.15, 0.2) is 16.1 Å². The van der Waals surface area contributed by atoms with Crippen LogP contribution >= 0.6 is 0 Å². The minimum atomic E-state index is -0.526. The second kappa shape index (κ2) is 5.57. The number of cyclic esters (lactones) is 1. The highest BCUT2D eigenvalue weighted by molar-refractivity contribution is 6.03. The summed E-state index contributed by atoms with van der Waals surface area (Å²) in [5, 5.41) is 0. The molecular formula is C12H15N5O4. The molecule has 2 rings (SSSR count). The van der Waals surface area contributed by atoms with Gasteiger partial charge in [0.05, 0.1) is 19.8 Å². The lowest BCUT2D eigenvalue weighted by Crippen LogP contribution is -2.26. The van der Waals surface area contributed by atoms with Crippen molar-refractivity contribution in [3.63, 3.8) is 0 Å². The van der Waals surface area contributed by atoms with Crippen LogP contribution in [0.25, 0.3) is 0 Å². The molecule has 1 aliphatic heterocycles. The Balaban J connectivity index is 2.70. The Labute approximate surface area is 120 Å². The molecule has 0 atom stereocenters. The number of esters is 1. The van der Waals surface area contributed by atoms with Crippen LogP contribution in [0.5, 0.6) is 11.5 Å². The van der Waals surface area contributed by atoms with Crippen molar-refractivity contribution in [1.29, 1.82) is 0 Å². The van der Waals surface area contributed by atoms with Gasteiger partial charge in [0.15, 0.2) is 17.5 Å². The molecule has 0 amide bonds. The molecule has 0 unspecified atom stereocenters. The van der Waals surface area contributed by atoms with Crippen LogP contribution in [-0.4, -0.2) is 32.1 Å². The number of fused-ring (bicyclic) bond motifs is 1.